The summed E-state index contributed by atoms with van der Waals surface area (Å²) >= 11 is 12.1. The SMILES string of the molecule is Cc1ccc(NS(=O)(=O)c2ccc(NC(=O)CN(c3cccc(Cl)c3Cl)S(C)(=O)=O)cc2)c(C)c1. The van der Waals surface area contributed by atoms with Crippen molar-refractivity contribution < 1.29 is 21.6 Å². The van der Waals surface area contributed by atoms with Crippen LogP contribution >= 0.6 is 23.2 Å². The average Bonchev–Trinajstić information content (AvgIpc) is 2.76. The number of halogens is 2. The first-order valence-electron chi connectivity index (χ1n) is 10.2. The number of sulfonamides is 2. The highest BCUT2D eigenvalue weighted by Gasteiger charge is 2.24. The molecule has 0 atom stereocenters. The topological polar surface area (TPSA) is 113 Å². The minimum absolute atomic E-state index is 0.000976. The Kier molecular flexibility index (Phi) is 8.00. The number of carbonyl (C=O) groups excluding carboxylic acids is 1. The van der Waals surface area contributed by atoms with Gasteiger partial charge in [0.15, 0.2) is 0 Å². The summed E-state index contributed by atoms with van der Waals surface area (Å²) < 4.78 is 53.5. The third-order valence-electron chi connectivity index (χ3n) is 4.96. The number of amides is 1. The fourth-order valence-corrected chi connectivity index (χ4v) is 5.69. The zero-order chi connectivity index (χ0) is 26.0. The molecule has 0 spiro atoms. The van der Waals surface area contributed by atoms with Crippen LogP contribution < -0.4 is 14.3 Å². The van der Waals surface area contributed by atoms with Gasteiger partial charge in [0.1, 0.15) is 6.54 Å². The summed E-state index contributed by atoms with van der Waals surface area (Å²) in [6.45, 7) is 3.16. The summed E-state index contributed by atoms with van der Waals surface area (Å²) in [7, 11) is -7.72. The van der Waals surface area contributed by atoms with Crippen molar-refractivity contribution in [2.75, 3.05) is 27.1 Å². The Morgan fingerprint density at radius 3 is 2.20 bits per heavy atom. The second kappa shape index (κ2) is 10.4. The van der Waals surface area contributed by atoms with Crippen LogP contribution in [-0.2, 0) is 24.8 Å². The first kappa shape index (κ1) is 26.8. The molecule has 0 aliphatic heterocycles. The Bertz CT molecular complexity index is 1480. The van der Waals surface area contributed by atoms with Crippen LogP contribution in [0.15, 0.2) is 65.6 Å². The molecule has 1 amide bonds. The van der Waals surface area contributed by atoms with E-state index in [0.717, 1.165) is 21.7 Å². The van der Waals surface area contributed by atoms with Crippen molar-refractivity contribution in [3.8, 4) is 0 Å². The molecular formula is C23H23Cl2N3O5S2. The summed E-state index contributed by atoms with van der Waals surface area (Å²) in [5, 5.41) is 2.70. The smallest absolute Gasteiger partial charge is 0.261 e. The number of nitrogens with zero attached hydrogens (tertiary/aromatic N) is 1. The van der Waals surface area contributed by atoms with E-state index in [-0.39, 0.29) is 26.3 Å². The summed E-state index contributed by atoms with van der Waals surface area (Å²) in [6.07, 6.45) is 0.944. The molecule has 12 heteroatoms. The van der Waals surface area contributed by atoms with Crippen molar-refractivity contribution in [1.29, 1.82) is 0 Å². The van der Waals surface area contributed by atoms with Gasteiger partial charge in [0.25, 0.3) is 10.0 Å². The molecule has 0 saturated heterocycles. The third-order valence-corrected chi connectivity index (χ3v) is 8.28. The van der Waals surface area contributed by atoms with Crippen LogP contribution in [-0.4, -0.2) is 35.5 Å². The van der Waals surface area contributed by atoms with Gasteiger partial charge in [-0.05, 0) is 61.9 Å². The first-order valence-corrected chi connectivity index (χ1v) is 14.3. The molecule has 0 saturated carbocycles. The number of nitrogens with one attached hydrogen (secondary N) is 2. The predicted molar refractivity (Wildman–Crippen MR) is 140 cm³/mol. The van der Waals surface area contributed by atoms with Gasteiger partial charge in [-0.25, -0.2) is 16.8 Å². The van der Waals surface area contributed by atoms with E-state index < -0.39 is 32.5 Å². The molecule has 186 valence electrons. The van der Waals surface area contributed by atoms with Crippen LogP contribution in [0.25, 0.3) is 0 Å². The normalized spacial score (nSPS) is 11.7. The largest absolute Gasteiger partial charge is 0.325 e. The summed E-state index contributed by atoms with van der Waals surface area (Å²) in [5.41, 5.74) is 2.61. The van der Waals surface area contributed by atoms with Crippen LogP contribution in [0.1, 0.15) is 11.1 Å². The lowest BCUT2D eigenvalue weighted by Crippen LogP contribution is -2.37. The Labute approximate surface area is 215 Å². The van der Waals surface area contributed by atoms with E-state index in [1.807, 2.05) is 13.0 Å². The molecule has 0 aliphatic carbocycles. The van der Waals surface area contributed by atoms with Crippen molar-refractivity contribution in [3.05, 3.63) is 81.8 Å². The highest BCUT2D eigenvalue weighted by atomic mass is 35.5. The molecule has 0 bridgehead atoms. The zero-order valence-electron chi connectivity index (χ0n) is 19.0. The van der Waals surface area contributed by atoms with Gasteiger partial charge in [-0.15, -0.1) is 0 Å². The van der Waals surface area contributed by atoms with Gasteiger partial charge >= 0.3 is 0 Å². The fourth-order valence-electron chi connectivity index (χ4n) is 3.25. The Morgan fingerprint density at radius 1 is 0.943 bits per heavy atom. The van der Waals surface area contributed by atoms with Crippen LogP contribution in [0.3, 0.4) is 0 Å². The Morgan fingerprint density at radius 2 is 1.60 bits per heavy atom. The molecular weight excluding hydrogens is 533 g/mol. The number of aryl methyl sites for hydroxylation is 2. The van der Waals surface area contributed by atoms with E-state index in [1.54, 1.807) is 19.1 Å². The molecule has 35 heavy (non-hydrogen) atoms. The molecule has 0 heterocycles. The van der Waals surface area contributed by atoms with E-state index >= 15 is 0 Å². The standard InChI is InChI=1S/C23H23Cl2N3O5S2/c1-15-7-12-20(16(2)13-15)27-35(32,33)18-10-8-17(9-11-18)26-22(29)14-28(34(3,30)31)21-6-4-5-19(24)23(21)25/h4-13,27H,14H2,1-3H3,(H,26,29). The quantitative estimate of drug-likeness (QED) is 0.413. The average molecular weight is 556 g/mol. The molecule has 8 nitrogen and oxygen atoms in total. The molecule has 0 radical (unpaired) electrons. The van der Waals surface area contributed by atoms with Gasteiger partial charge in [0.2, 0.25) is 15.9 Å². The number of benzene rings is 3. The van der Waals surface area contributed by atoms with Crippen molar-refractivity contribution >= 4 is 66.2 Å². The molecule has 0 unspecified atom stereocenters. The van der Waals surface area contributed by atoms with Gasteiger partial charge in [0, 0.05) is 5.69 Å². The van der Waals surface area contributed by atoms with E-state index in [4.69, 9.17) is 23.2 Å². The lowest BCUT2D eigenvalue weighted by Gasteiger charge is -2.23. The molecule has 3 rings (SSSR count). The third kappa shape index (κ3) is 6.66. The summed E-state index contributed by atoms with van der Waals surface area (Å²) in [6, 6.07) is 15.3. The molecule has 3 aromatic carbocycles. The highest BCUT2D eigenvalue weighted by Crippen LogP contribution is 2.33. The van der Waals surface area contributed by atoms with Gasteiger partial charge in [0.05, 0.1) is 32.6 Å². The van der Waals surface area contributed by atoms with Gasteiger partial charge < -0.3 is 5.32 Å². The summed E-state index contributed by atoms with van der Waals surface area (Å²) in [5.74, 6) is -0.657. The fraction of sp³-hybridized carbons (Fsp3) is 0.174. The van der Waals surface area contributed by atoms with Gasteiger partial charge in [-0.1, -0.05) is 47.0 Å². The van der Waals surface area contributed by atoms with Crippen LogP contribution in [0.5, 0.6) is 0 Å². The minimum atomic E-state index is -3.86. The summed E-state index contributed by atoms with van der Waals surface area (Å²) in [4.78, 5) is 12.6. The van der Waals surface area contributed by atoms with Crippen molar-refractivity contribution in [3.63, 3.8) is 0 Å². The number of hydrogen-bond acceptors (Lipinski definition) is 5. The maximum Gasteiger partial charge on any atom is 0.261 e. The van der Waals surface area contributed by atoms with Crippen molar-refractivity contribution in [2.24, 2.45) is 0 Å². The van der Waals surface area contributed by atoms with Crippen molar-refractivity contribution in [1.82, 2.24) is 0 Å². The van der Waals surface area contributed by atoms with Gasteiger partial charge in [-0.2, -0.15) is 0 Å². The molecule has 0 aliphatic rings. The van der Waals surface area contributed by atoms with Crippen LogP contribution in [0.2, 0.25) is 10.0 Å². The predicted octanol–water partition coefficient (Wildman–Crippen LogP) is 4.82. The second-order valence-electron chi connectivity index (χ2n) is 7.84. The molecule has 0 fully saturated rings. The van der Waals surface area contributed by atoms with Gasteiger partial charge in [-0.3, -0.25) is 13.8 Å². The lowest BCUT2D eigenvalue weighted by atomic mass is 10.1. The number of rotatable bonds is 8. The lowest BCUT2D eigenvalue weighted by molar-refractivity contribution is -0.114. The first-order chi connectivity index (χ1) is 16.3. The maximum absolute atomic E-state index is 12.7. The highest BCUT2D eigenvalue weighted by molar-refractivity contribution is 7.92. The van der Waals surface area contributed by atoms with Crippen LogP contribution in [0, 0.1) is 13.8 Å². The minimum Gasteiger partial charge on any atom is -0.325 e. The molecule has 3 aromatic rings. The maximum atomic E-state index is 12.7. The number of anilines is 3. The van der Waals surface area contributed by atoms with E-state index in [2.05, 4.69) is 10.0 Å². The monoisotopic (exact) mass is 555 g/mol. The zero-order valence-corrected chi connectivity index (χ0v) is 22.2. The van der Waals surface area contributed by atoms with E-state index in [1.165, 1.54) is 42.5 Å². The number of carbonyl (C=O) groups is 1. The number of hydrogen-bond donors (Lipinski definition) is 2. The Hall–Kier alpha value is -2.79. The van der Waals surface area contributed by atoms with Crippen LogP contribution in [0.4, 0.5) is 17.1 Å². The molecule has 2 N–H and O–H groups in total. The molecule has 0 aromatic heterocycles. The second-order valence-corrected chi connectivity index (χ2v) is 12.2. The van der Waals surface area contributed by atoms with E-state index in [0.29, 0.717) is 5.69 Å². The van der Waals surface area contributed by atoms with Crippen molar-refractivity contribution in [2.45, 2.75) is 18.7 Å². The van der Waals surface area contributed by atoms with E-state index in [9.17, 15) is 21.6 Å². The Balaban J connectivity index is 1.75.